The lowest BCUT2D eigenvalue weighted by Crippen LogP contribution is -2.17. The van der Waals surface area contributed by atoms with Gasteiger partial charge < -0.3 is 14.8 Å². The van der Waals surface area contributed by atoms with Crippen LogP contribution in [0.5, 0.6) is 11.5 Å². The molecule has 0 aliphatic rings. The highest BCUT2D eigenvalue weighted by Gasteiger charge is 2.18. The van der Waals surface area contributed by atoms with Crippen LogP contribution in [0.1, 0.15) is 20.7 Å². The molecule has 0 aliphatic heterocycles. The van der Waals surface area contributed by atoms with Crippen LogP contribution < -0.4 is 10.1 Å². The number of halogens is 1. The van der Waals surface area contributed by atoms with Crippen LogP contribution in [0.4, 0.5) is 5.69 Å². The van der Waals surface area contributed by atoms with E-state index in [1.807, 2.05) is 18.2 Å². The number of ether oxygens (including phenoxy) is 2. The first kappa shape index (κ1) is 18.5. The summed E-state index contributed by atoms with van der Waals surface area (Å²) in [6.45, 7) is 0. The second kappa shape index (κ2) is 8.38. The van der Waals surface area contributed by atoms with Gasteiger partial charge in [-0.15, -0.1) is 0 Å². The molecule has 0 bridgehead atoms. The van der Waals surface area contributed by atoms with Gasteiger partial charge in [0.2, 0.25) is 0 Å². The third-order valence-electron chi connectivity index (χ3n) is 3.74. The largest absolute Gasteiger partial charge is 0.465 e. The van der Waals surface area contributed by atoms with E-state index in [1.165, 1.54) is 13.2 Å². The Morgan fingerprint density at radius 1 is 0.889 bits per heavy atom. The third-order valence-corrected chi connectivity index (χ3v) is 3.97. The molecular weight excluding hydrogens is 366 g/mol. The molecule has 0 atom stereocenters. The maximum absolute atomic E-state index is 12.8. The number of para-hydroxylation sites is 1. The van der Waals surface area contributed by atoms with Crippen LogP contribution in [0.15, 0.2) is 72.8 Å². The molecule has 0 radical (unpaired) electrons. The highest BCUT2D eigenvalue weighted by atomic mass is 35.5. The van der Waals surface area contributed by atoms with E-state index in [9.17, 15) is 9.59 Å². The lowest BCUT2D eigenvalue weighted by Gasteiger charge is -2.14. The Labute approximate surface area is 161 Å². The van der Waals surface area contributed by atoms with Crippen LogP contribution in [-0.4, -0.2) is 19.0 Å². The summed E-state index contributed by atoms with van der Waals surface area (Å²) in [6.07, 6.45) is 0. The fourth-order valence-corrected chi connectivity index (χ4v) is 2.64. The minimum atomic E-state index is -0.590. The van der Waals surface area contributed by atoms with Crippen LogP contribution >= 0.6 is 11.6 Å². The van der Waals surface area contributed by atoms with Gasteiger partial charge in [-0.2, -0.15) is 0 Å². The van der Waals surface area contributed by atoms with Gasteiger partial charge in [-0.05, 0) is 42.5 Å². The van der Waals surface area contributed by atoms with Gasteiger partial charge in [0, 0.05) is 5.02 Å². The molecule has 0 spiro atoms. The SMILES string of the molecule is COC(=O)c1ccccc1C(=O)Nc1cc(Cl)ccc1Oc1ccccc1. The predicted octanol–water partition coefficient (Wildman–Crippen LogP) is 5.17. The fourth-order valence-electron chi connectivity index (χ4n) is 2.46. The van der Waals surface area contributed by atoms with Crippen LogP contribution in [-0.2, 0) is 4.74 Å². The van der Waals surface area contributed by atoms with Crippen LogP contribution in [0.3, 0.4) is 0 Å². The summed E-state index contributed by atoms with van der Waals surface area (Å²) in [5.74, 6) is -0.0245. The molecule has 5 nitrogen and oxygen atoms in total. The van der Waals surface area contributed by atoms with Crippen molar-refractivity contribution in [3.8, 4) is 11.5 Å². The molecule has 0 heterocycles. The number of benzene rings is 3. The summed E-state index contributed by atoms with van der Waals surface area (Å²) in [5, 5.41) is 3.19. The monoisotopic (exact) mass is 381 g/mol. The molecule has 0 aromatic heterocycles. The Balaban J connectivity index is 1.91. The quantitative estimate of drug-likeness (QED) is 0.619. The first-order chi connectivity index (χ1) is 13.1. The van der Waals surface area contributed by atoms with Crippen molar-refractivity contribution in [1.82, 2.24) is 0 Å². The number of rotatable bonds is 5. The summed E-state index contributed by atoms with van der Waals surface area (Å²) in [5.41, 5.74) is 0.746. The number of carbonyl (C=O) groups is 2. The van der Waals surface area contributed by atoms with Gasteiger partial charge in [0.25, 0.3) is 5.91 Å². The molecule has 0 unspecified atom stereocenters. The molecule has 0 saturated heterocycles. The lowest BCUT2D eigenvalue weighted by molar-refractivity contribution is 0.0597. The molecule has 0 aliphatic carbocycles. The highest BCUT2D eigenvalue weighted by molar-refractivity contribution is 6.31. The van der Waals surface area contributed by atoms with Crippen LogP contribution in [0.2, 0.25) is 5.02 Å². The van der Waals surface area contributed by atoms with Gasteiger partial charge in [-0.3, -0.25) is 4.79 Å². The van der Waals surface area contributed by atoms with E-state index in [0.717, 1.165) is 0 Å². The van der Waals surface area contributed by atoms with Gasteiger partial charge in [0.15, 0.2) is 5.75 Å². The van der Waals surface area contributed by atoms with Crippen molar-refractivity contribution in [2.75, 3.05) is 12.4 Å². The molecule has 1 amide bonds. The zero-order valence-electron chi connectivity index (χ0n) is 14.4. The Morgan fingerprint density at radius 3 is 2.26 bits per heavy atom. The standard InChI is InChI=1S/C21H16ClNO4/c1-26-21(25)17-10-6-5-9-16(17)20(24)23-18-13-14(22)11-12-19(18)27-15-7-3-2-4-8-15/h2-13H,1H3,(H,23,24). The van der Waals surface area contributed by atoms with Crippen molar-refractivity contribution in [3.63, 3.8) is 0 Å². The minimum absolute atomic E-state index is 0.171. The number of methoxy groups -OCH3 is 1. The molecule has 6 heteroatoms. The van der Waals surface area contributed by atoms with Gasteiger partial charge in [-0.25, -0.2) is 4.79 Å². The molecule has 1 N–H and O–H groups in total. The maximum Gasteiger partial charge on any atom is 0.338 e. The molecule has 27 heavy (non-hydrogen) atoms. The van der Waals surface area contributed by atoms with Crippen molar-refractivity contribution in [2.24, 2.45) is 0 Å². The summed E-state index contributed by atoms with van der Waals surface area (Å²) >= 11 is 6.07. The number of hydrogen-bond donors (Lipinski definition) is 1. The van der Waals surface area contributed by atoms with Crippen molar-refractivity contribution < 1.29 is 19.1 Å². The first-order valence-corrected chi connectivity index (χ1v) is 8.47. The highest BCUT2D eigenvalue weighted by Crippen LogP contribution is 2.32. The topological polar surface area (TPSA) is 64.6 Å². The Bertz CT molecular complexity index is 973. The average Bonchev–Trinajstić information content (AvgIpc) is 2.70. The molecular formula is C21H16ClNO4. The number of esters is 1. The van der Waals surface area contributed by atoms with E-state index in [2.05, 4.69) is 5.32 Å². The number of carbonyl (C=O) groups excluding carboxylic acids is 2. The van der Waals surface area contributed by atoms with Gasteiger partial charge in [0.05, 0.1) is 23.9 Å². The van der Waals surface area contributed by atoms with Crippen molar-refractivity contribution in [3.05, 3.63) is 88.9 Å². The lowest BCUT2D eigenvalue weighted by atomic mass is 10.1. The number of amides is 1. The summed E-state index contributed by atoms with van der Waals surface area (Å²) < 4.78 is 10.6. The predicted molar refractivity (Wildman–Crippen MR) is 104 cm³/mol. The average molecular weight is 382 g/mol. The molecule has 0 saturated carbocycles. The summed E-state index contributed by atoms with van der Waals surface area (Å²) in [7, 11) is 1.26. The smallest absolute Gasteiger partial charge is 0.338 e. The van der Waals surface area contributed by atoms with Gasteiger partial charge in [-0.1, -0.05) is 41.9 Å². The zero-order valence-corrected chi connectivity index (χ0v) is 15.2. The van der Waals surface area contributed by atoms with Gasteiger partial charge >= 0.3 is 5.97 Å². The number of anilines is 1. The van der Waals surface area contributed by atoms with E-state index < -0.39 is 11.9 Å². The third kappa shape index (κ3) is 4.46. The summed E-state index contributed by atoms with van der Waals surface area (Å²) in [6, 6.07) is 20.5. The Hall–Kier alpha value is -3.31. The van der Waals surface area contributed by atoms with E-state index in [0.29, 0.717) is 22.2 Å². The normalized spacial score (nSPS) is 10.1. The molecule has 0 fully saturated rings. The number of nitrogens with one attached hydrogen (secondary N) is 1. The van der Waals surface area contributed by atoms with Gasteiger partial charge in [0.1, 0.15) is 5.75 Å². The van der Waals surface area contributed by atoms with E-state index in [4.69, 9.17) is 21.1 Å². The van der Waals surface area contributed by atoms with E-state index in [-0.39, 0.29) is 11.1 Å². The molecule has 3 aromatic carbocycles. The number of hydrogen-bond acceptors (Lipinski definition) is 4. The summed E-state index contributed by atoms with van der Waals surface area (Å²) in [4.78, 5) is 24.7. The second-order valence-corrected chi connectivity index (χ2v) is 5.98. The fraction of sp³-hybridized carbons (Fsp3) is 0.0476. The minimum Gasteiger partial charge on any atom is -0.465 e. The van der Waals surface area contributed by atoms with Crippen molar-refractivity contribution >= 4 is 29.2 Å². The van der Waals surface area contributed by atoms with Crippen molar-refractivity contribution in [1.29, 1.82) is 0 Å². The second-order valence-electron chi connectivity index (χ2n) is 5.55. The molecule has 3 aromatic rings. The Morgan fingerprint density at radius 2 is 1.56 bits per heavy atom. The maximum atomic E-state index is 12.8. The van der Waals surface area contributed by atoms with Crippen LogP contribution in [0.25, 0.3) is 0 Å². The zero-order chi connectivity index (χ0) is 19.2. The molecule has 3 rings (SSSR count). The first-order valence-electron chi connectivity index (χ1n) is 8.09. The van der Waals surface area contributed by atoms with E-state index in [1.54, 1.807) is 48.5 Å². The Kier molecular flexibility index (Phi) is 5.74. The van der Waals surface area contributed by atoms with E-state index >= 15 is 0 Å². The molecule has 136 valence electrons. The van der Waals surface area contributed by atoms with Crippen molar-refractivity contribution in [2.45, 2.75) is 0 Å². The van der Waals surface area contributed by atoms with Crippen LogP contribution in [0, 0.1) is 0 Å².